The molecule has 7 heteroatoms. The van der Waals surface area contributed by atoms with E-state index < -0.39 is 6.04 Å². The molecule has 1 saturated heterocycles. The van der Waals surface area contributed by atoms with Crippen LogP contribution in [-0.4, -0.2) is 54.4 Å². The molecule has 0 bridgehead atoms. The minimum atomic E-state index is -0.460. The second kappa shape index (κ2) is 11.6. The number of para-hydroxylation sites is 1. The molecule has 0 radical (unpaired) electrons. The molecule has 30 heavy (non-hydrogen) atoms. The second-order valence-electron chi connectivity index (χ2n) is 7.24. The maximum Gasteiger partial charge on any atom is 0.237 e. The molecule has 1 atom stereocenters. The van der Waals surface area contributed by atoms with Crippen LogP contribution >= 0.6 is 11.8 Å². The highest BCUT2D eigenvalue weighted by Crippen LogP contribution is 2.23. The zero-order valence-electron chi connectivity index (χ0n) is 17.3. The highest BCUT2D eigenvalue weighted by molar-refractivity contribution is 7.98. The lowest BCUT2D eigenvalue weighted by molar-refractivity contribution is -0.134. The van der Waals surface area contributed by atoms with Crippen LogP contribution < -0.4 is 15.4 Å². The van der Waals surface area contributed by atoms with E-state index in [2.05, 4.69) is 15.5 Å². The molecule has 0 spiro atoms. The van der Waals surface area contributed by atoms with Crippen molar-refractivity contribution in [2.75, 3.05) is 31.6 Å². The fraction of sp³-hybridized carbons (Fsp3) is 0.391. The van der Waals surface area contributed by atoms with Gasteiger partial charge in [0.15, 0.2) is 0 Å². The Kier molecular flexibility index (Phi) is 8.59. The number of hydrogen-bond acceptors (Lipinski definition) is 5. The lowest BCUT2D eigenvalue weighted by atomic mass is 10.1. The lowest BCUT2D eigenvalue weighted by Crippen LogP contribution is -2.56. The fourth-order valence-electron chi connectivity index (χ4n) is 3.43. The van der Waals surface area contributed by atoms with Crippen molar-refractivity contribution in [3.8, 4) is 11.5 Å². The van der Waals surface area contributed by atoms with Gasteiger partial charge in [-0.25, -0.2) is 0 Å². The Morgan fingerprint density at radius 3 is 2.80 bits per heavy atom. The molecule has 1 aliphatic rings. The number of benzene rings is 2. The van der Waals surface area contributed by atoms with Gasteiger partial charge in [0.2, 0.25) is 11.8 Å². The predicted molar refractivity (Wildman–Crippen MR) is 121 cm³/mol. The molecule has 0 aliphatic carbocycles. The summed E-state index contributed by atoms with van der Waals surface area (Å²) < 4.78 is 5.92. The molecule has 3 rings (SSSR count). The number of piperazine rings is 1. The zero-order chi connectivity index (χ0) is 21.2. The minimum absolute atomic E-state index is 0.0793. The number of ether oxygens (including phenoxy) is 1. The highest BCUT2D eigenvalue weighted by Gasteiger charge is 2.31. The summed E-state index contributed by atoms with van der Waals surface area (Å²) in [6.45, 7) is 2.53. The number of carbonyl (C=O) groups excluding carboxylic acids is 2. The van der Waals surface area contributed by atoms with Crippen LogP contribution in [0.15, 0.2) is 54.6 Å². The highest BCUT2D eigenvalue weighted by atomic mass is 32.2. The van der Waals surface area contributed by atoms with Crippen molar-refractivity contribution < 1.29 is 14.3 Å². The van der Waals surface area contributed by atoms with Gasteiger partial charge in [-0.1, -0.05) is 30.3 Å². The van der Waals surface area contributed by atoms with Gasteiger partial charge in [0.05, 0.1) is 12.5 Å². The van der Waals surface area contributed by atoms with Gasteiger partial charge in [-0.2, -0.15) is 11.8 Å². The van der Waals surface area contributed by atoms with Crippen molar-refractivity contribution in [1.29, 1.82) is 0 Å². The maximum atomic E-state index is 12.5. The van der Waals surface area contributed by atoms with Gasteiger partial charge in [0, 0.05) is 26.2 Å². The molecule has 2 N–H and O–H groups in total. The van der Waals surface area contributed by atoms with E-state index in [1.54, 1.807) is 11.8 Å². The first kappa shape index (κ1) is 22.2. The quantitative estimate of drug-likeness (QED) is 0.571. The number of hydrogen-bond donors (Lipinski definition) is 2. The largest absolute Gasteiger partial charge is 0.457 e. The van der Waals surface area contributed by atoms with Crippen LogP contribution in [-0.2, 0) is 16.1 Å². The number of carbonyl (C=O) groups is 2. The first-order valence-corrected chi connectivity index (χ1v) is 11.6. The minimum Gasteiger partial charge on any atom is -0.457 e. The average Bonchev–Trinajstić information content (AvgIpc) is 2.75. The Bertz CT molecular complexity index is 831. The second-order valence-corrected chi connectivity index (χ2v) is 8.23. The van der Waals surface area contributed by atoms with Crippen LogP contribution in [0.25, 0.3) is 0 Å². The molecule has 6 nitrogen and oxygen atoms in total. The van der Waals surface area contributed by atoms with Gasteiger partial charge < -0.3 is 15.4 Å². The first-order valence-electron chi connectivity index (χ1n) is 10.2. The van der Waals surface area contributed by atoms with E-state index in [4.69, 9.17) is 4.74 Å². The molecule has 2 aromatic carbocycles. The summed E-state index contributed by atoms with van der Waals surface area (Å²) in [5, 5.41) is 5.81. The molecule has 1 unspecified atom stereocenters. The first-order chi connectivity index (χ1) is 14.7. The van der Waals surface area contributed by atoms with Crippen LogP contribution in [0.4, 0.5) is 0 Å². The van der Waals surface area contributed by atoms with Gasteiger partial charge in [0.1, 0.15) is 11.5 Å². The molecule has 0 saturated carbocycles. The number of amides is 2. The third-order valence-corrected chi connectivity index (χ3v) is 5.63. The van der Waals surface area contributed by atoms with E-state index in [0.717, 1.165) is 29.2 Å². The summed E-state index contributed by atoms with van der Waals surface area (Å²) in [5.74, 6) is 2.38. The van der Waals surface area contributed by atoms with Crippen molar-refractivity contribution in [1.82, 2.24) is 15.5 Å². The van der Waals surface area contributed by atoms with E-state index in [9.17, 15) is 9.59 Å². The van der Waals surface area contributed by atoms with Crippen LogP contribution in [0.2, 0.25) is 0 Å². The number of nitrogens with one attached hydrogen (secondary N) is 2. The molecular weight excluding hydrogens is 398 g/mol. The Labute approximate surface area is 182 Å². The summed E-state index contributed by atoms with van der Waals surface area (Å²) in [5.41, 5.74) is 1.04. The van der Waals surface area contributed by atoms with Crippen LogP contribution in [0.5, 0.6) is 11.5 Å². The molecule has 2 aromatic rings. The average molecular weight is 428 g/mol. The molecule has 1 fully saturated rings. The Morgan fingerprint density at radius 2 is 2.00 bits per heavy atom. The Hall–Kier alpha value is -2.51. The maximum absolute atomic E-state index is 12.5. The third-order valence-electron chi connectivity index (χ3n) is 4.93. The van der Waals surface area contributed by atoms with E-state index in [0.29, 0.717) is 26.2 Å². The zero-order valence-corrected chi connectivity index (χ0v) is 18.1. The van der Waals surface area contributed by atoms with Crippen LogP contribution in [0, 0.1) is 0 Å². The summed E-state index contributed by atoms with van der Waals surface area (Å²) in [4.78, 5) is 26.9. The van der Waals surface area contributed by atoms with E-state index in [1.807, 2.05) is 60.9 Å². The van der Waals surface area contributed by atoms with Gasteiger partial charge in [-0.05, 0) is 48.3 Å². The molecule has 1 heterocycles. The third kappa shape index (κ3) is 6.78. The molecule has 1 aliphatic heterocycles. The summed E-state index contributed by atoms with van der Waals surface area (Å²) >= 11 is 1.76. The Morgan fingerprint density at radius 1 is 1.20 bits per heavy atom. The van der Waals surface area contributed by atoms with Crippen molar-refractivity contribution in [2.24, 2.45) is 0 Å². The standard InChI is InChI=1S/C23H29N3O3S/c1-30-14-6-11-24-22(27)16-21-23(28)25-12-13-26(21)17-18-7-5-10-20(15-18)29-19-8-3-2-4-9-19/h2-5,7-10,15,21H,6,11-14,16-17H2,1H3,(H,24,27)(H,25,28). The van der Waals surface area contributed by atoms with Crippen molar-refractivity contribution in [2.45, 2.75) is 25.4 Å². The summed E-state index contributed by atoms with van der Waals surface area (Å²) in [6, 6.07) is 17.0. The number of rotatable bonds is 10. The Balaban J connectivity index is 1.61. The lowest BCUT2D eigenvalue weighted by Gasteiger charge is -2.34. The smallest absolute Gasteiger partial charge is 0.237 e. The normalized spacial score (nSPS) is 16.7. The summed E-state index contributed by atoms with van der Waals surface area (Å²) in [7, 11) is 0. The van der Waals surface area contributed by atoms with Crippen molar-refractivity contribution in [3.63, 3.8) is 0 Å². The van der Waals surface area contributed by atoms with E-state index in [1.165, 1.54) is 0 Å². The van der Waals surface area contributed by atoms with E-state index in [-0.39, 0.29) is 18.2 Å². The van der Waals surface area contributed by atoms with Gasteiger partial charge >= 0.3 is 0 Å². The number of nitrogens with zero attached hydrogens (tertiary/aromatic N) is 1. The van der Waals surface area contributed by atoms with Crippen LogP contribution in [0.3, 0.4) is 0 Å². The fourth-order valence-corrected chi connectivity index (χ4v) is 3.86. The predicted octanol–water partition coefficient (Wildman–Crippen LogP) is 3.04. The topological polar surface area (TPSA) is 70.7 Å². The SMILES string of the molecule is CSCCCNC(=O)CC1C(=O)NCCN1Cc1cccc(Oc2ccccc2)c1. The monoisotopic (exact) mass is 427 g/mol. The molecule has 2 amide bonds. The number of thioether (sulfide) groups is 1. The van der Waals surface area contributed by atoms with Gasteiger partial charge in [0.25, 0.3) is 0 Å². The van der Waals surface area contributed by atoms with Crippen molar-refractivity contribution in [3.05, 3.63) is 60.2 Å². The van der Waals surface area contributed by atoms with Gasteiger partial charge in [-0.15, -0.1) is 0 Å². The van der Waals surface area contributed by atoms with E-state index >= 15 is 0 Å². The summed E-state index contributed by atoms with van der Waals surface area (Å²) in [6.07, 6.45) is 3.15. The molecular formula is C23H29N3O3S. The van der Waals surface area contributed by atoms with Gasteiger partial charge in [-0.3, -0.25) is 14.5 Å². The van der Waals surface area contributed by atoms with Crippen molar-refractivity contribution >= 4 is 23.6 Å². The molecule has 0 aromatic heterocycles. The van der Waals surface area contributed by atoms with Crippen LogP contribution in [0.1, 0.15) is 18.4 Å². The molecule has 160 valence electrons.